The molecule has 0 N–H and O–H groups in total. The summed E-state index contributed by atoms with van der Waals surface area (Å²) in [6.45, 7) is 6.66. The van der Waals surface area contributed by atoms with E-state index in [9.17, 15) is 0 Å². The minimum atomic E-state index is 1.27. The second-order valence-corrected chi connectivity index (χ2v) is 6.65. The van der Waals surface area contributed by atoms with Crippen LogP contribution < -0.4 is 0 Å². The largest absolute Gasteiger partial charge is 0.0885 e. The van der Waals surface area contributed by atoms with Crippen LogP contribution in [0.4, 0.5) is 0 Å². The lowest BCUT2D eigenvalue weighted by Crippen LogP contribution is -1.80. The van der Waals surface area contributed by atoms with Crippen molar-refractivity contribution in [2.24, 2.45) is 0 Å². The van der Waals surface area contributed by atoms with Crippen LogP contribution in [-0.2, 0) is 0 Å². The molecule has 0 nitrogen and oxygen atoms in total. The first-order valence-corrected chi connectivity index (χ1v) is 9.55. The van der Waals surface area contributed by atoms with Crippen LogP contribution in [0.15, 0.2) is 23.8 Å². The van der Waals surface area contributed by atoms with E-state index in [4.69, 9.17) is 0 Å². The van der Waals surface area contributed by atoms with Crippen LogP contribution in [0.3, 0.4) is 0 Å². The van der Waals surface area contributed by atoms with Crippen LogP contribution >= 0.6 is 0 Å². The summed E-state index contributed by atoms with van der Waals surface area (Å²) in [5.41, 5.74) is 1.46. The first kappa shape index (κ1) is 20.5. The smallest absolute Gasteiger partial charge is 0.0348 e. The second-order valence-electron chi connectivity index (χ2n) is 6.65. The summed E-state index contributed by atoms with van der Waals surface area (Å²) in [5, 5.41) is 0. The third-order valence-corrected chi connectivity index (χ3v) is 4.02. The molecule has 0 heterocycles. The average Bonchev–Trinajstić information content (AvgIpc) is 2.46. The highest BCUT2D eigenvalue weighted by molar-refractivity contribution is 4.92. The highest BCUT2D eigenvalue weighted by Gasteiger charge is 1.90. The normalized spacial score (nSPS) is 11.2. The molecule has 0 rings (SSSR count). The Morgan fingerprint density at radius 3 is 1.52 bits per heavy atom. The van der Waals surface area contributed by atoms with Gasteiger partial charge in [0.15, 0.2) is 0 Å². The van der Waals surface area contributed by atoms with Crippen molar-refractivity contribution >= 4 is 0 Å². The second kappa shape index (κ2) is 17.5. The summed E-state index contributed by atoms with van der Waals surface area (Å²) < 4.78 is 0. The fourth-order valence-corrected chi connectivity index (χ4v) is 2.61. The van der Waals surface area contributed by atoms with Crippen molar-refractivity contribution in [3.8, 4) is 0 Å². The van der Waals surface area contributed by atoms with E-state index in [1.165, 1.54) is 95.5 Å². The number of allylic oxidation sites excluding steroid dienone is 4. The van der Waals surface area contributed by atoms with E-state index in [1.807, 2.05) is 0 Å². The Hall–Kier alpha value is -0.520. The van der Waals surface area contributed by atoms with Crippen LogP contribution in [0.2, 0.25) is 0 Å². The molecule has 0 atom stereocenters. The molecule has 0 radical (unpaired) electrons. The van der Waals surface area contributed by atoms with Crippen LogP contribution in [0.5, 0.6) is 0 Å². The fraction of sp³-hybridized carbons (Fsp3) is 0.810. The van der Waals surface area contributed by atoms with E-state index in [0.717, 1.165) is 0 Å². The molecule has 21 heavy (non-hydrogen) atoms. The Morgan fingerprint density at radius 1 is 0.571 bits per heavy atom. The lowest BCUT2D eigenvalue weighted by molar-refractivity contribution is 0.577. The Kier molecular flexibility index (Phi) is 17.1. The van der Waals surface area contributed by atoms with Gasteiger partial charge >= 0.3 is 0 Å². The molecule has 0 amide bonds. The lowest BCUT2D eigenvalue weighted by Gasteiger charge is -2.00. The zero-order valence-electron chi connectivity index (χ0n) is 15.1. The summed E-state index contributed by atoms with van der Waals surface area (Å²) in [4.78, 5) is 0. The summed E-state index contributed by atoms with van der Waals surface area (Å²) in [6, 6.07) is 0. The summed E-state index contributed by atoms with van der Waals surface area (Å²) >= 11 is 0. The highest BCUT2D eigenvalue weighted by Crippen LogP contribution is 2.10. The Labute approximate surface area is 135 Å². The molecule has 0 saturated carbocycles. The molecule has 0 bridgehead atoms. The summed E-state index contributed by atoms with van der Waals surface area (Å²) in [5.74, 6) is 0. The molecule has 0 saturated heterocycles. The number of hydrogen-bond acceptors (Lipinski definition) is 0. The quantitative estimate of drug-likeness (QED) is 0.212. The molecule has 0 aromatic heterocycles. The first-order chi connectivity index (χ1) is 10.3. The van der Waals surface area contributed by atoms with Crippen molar-refractivity contribution in [2.45, 2.75) is 111 Å². The van der Waals surface area contributed by atoms with Crippen molar-refractivity contribution in [1.29, 1.82) is 0 Å². The molecule has 0 aliphatic heterocycles. The molecule has 124 valence electrons. The van der Waals surface area contributed by atoms with Crippen LogP contribution in [0, 0.1) is 0 Å². The maximum atomic E-state index is 2.41. The van der Waals surface area contributed by atoms with Gasteiger partial charge in [0.05, 0.1) is 0 Å². The highest BCUT2D eigenvalue weighted by atomic mass is 14.0. The van der Waals surface area contributed by atoms with Gasteiger partial charge in [-0.25, -0.2) is 0 Å². The van der Waals surface area contributed by atoms with Gasteiger partial charge in [0.1, 0.15) is 0 Å². The minimum absolute atomic E-state index is 1.27. The zero-order chi connectivity index (χ0) is 15.6. The van der Waals surface area contributed by atoms with Gasteiger partial charge in [0.2, 0.25) is 0 Å². The maximum Gasteiger partial charge on any atom is -0.0348 e. The molecule has 0 aromatic carbocycles. The Bertz CT molecular complexity index is 243. The number of rotatable bonds is 15. The van der Waals surface area contributed by atoms with Gasteiger partial charge in [0.25, 0.3) is 0 Å². The molecule has 0 fully saturated rings. The van der Waals surface area contributed by atoms with E-state index < -0.39 is 0 Å². The van der Waals surface area contributed by atoms with Crippen LogP contribution in [-0.4, -0.2) is 0 Å². The molecule has 0 spiro atoms. The summed E-state index contributed by atoms with van der Waals surface area (Å²) in [6.07, 6.45) is 26.5. The van der Waals surface area contributed by atoms with Crippen LogP contribution in [0.25, 0.3) is 0 Å². The van der Waals surface area contributed by atoms with E-state index in [-0.39, 0.29) is 0 Å². The maximum absolute atomic E-state index is 2.41. The predicted octanol–water partition coefficient (Wildman–Crippen LogP) is 7.99. The van der Waals surface area contributed by atoms with Crippen molar-refractivity contribution in [1.82, 2.24) is 0 Å². The molecule has 0 aliphatic rings. The third-order valence-electron chi connectivity index (χ3n) is 4.02. The SMILES string of the molecule is CCCCCCCCCC/C=C/CCCCCC=C(C)C. The Morgan fingerprint density at radius 2 is 1.00 bits per heavy atom. The minimum Gasteiger partial charge on any atom is -0.0885 e. The lowest BCUT2D eigenvalue weighted by atomic mass is 10.1. The average molecular weight is 293 g/mol. The van der Waals surface area contributed by atoms with Gasteiger partial charge in [0, 0.05) is 0 Å². The molecule has 0 heteroatoms. The fourth-order valence-electron chi connectivity index (χ4n) is 2.61. The number of unbranched alkanes of at least 4 members (excludes halogenated alkanes) is 12. The van der Waals surface area contributed by atoms with Crippen molar-refractivity contribution < 1.29 is 0 Å². The van der Waals surface area contributed by atoms with E-state index in [1.54, 1.807) is 0 Å². The van der Waals surface area contributed by atoms with Gasteiger partial charge in [-0.05, 0) is 52.4 Å². The Balaban J connectivity index is 3.10. The third kappa shape index (κ3) is 19.5. The topological polar surface area (TPSA) is 0 Å². The molecular weight excluding hydrogens is 252 g/mol. The molecule has 0 aromatic rings. The first-order valence-electron chi connectivity index (χ1n) is 9.55. The van der Waals surface area contributed by atoms with Gasteiger partial charge in [-0.3, -0.25) is 0 Å². The molecule has 0 unspecified atom stereocenters. The number of hydrogen-bond donors (Lipinski definition) is 0. The van der Waals surface area contributed by atoms with Gasteiger partial charge in [-0.2, -0.15) is 0 Å². The van der Waals surface area contributed by atoms with Gasteiger partial charge < -0.3 is 0 Å². The molecular formula is C21H40. The van der Waals surface area contributed by atoms with Gasteiger partial charge in [-0.15, -0.1) is 0 Å². The van der Waals surface area contributed by atoms with Crippen molar-refractivity contribution in [3.63, 3.8) is 0 Å². The van der Waals surface area contributed by atoms with Gasteiger partial charge in [-0.1, -0.05) is 82.1 Å². The molecule has 0 aliphatic carbocycles. The standard InChI is InChI=1S/C21H40/c1-4-5-6-7-8-9-10-11-12-13-14-15-16-17-18-19-20-21(2)3/h13-14,20H,4-12,15-19H2,1-3H3/b14-13+. The van der Waals surface area contributed by atoms with Crippen LogP contribution in [0.1, 0.15) is 111 Å². The predicted molar refractivity (Wildman–Crippen MR) is 98.9 cm³/mol. The zero-order valence-corrected chi connectivity index (χ0v) is 15.1. The monoisotopic (exact) mass is 292 g/mol. The van der Waals surface area contributed by atoms with E-state index in [0.29, 0.717) is 0 Å². The summed E-state index contributed by atoms with van der Waals surface area (Å²) in [7, 11) is 0. The van der Waals surface area contributed by atoms with E-state index in [2.05, 4.69) is 39.0 Å². The van der Waals surface area contributed by atoms with Crippen molar-refractivity contribution in [3.05, 3.63) is 23.8 Å². The van der Waals surface area contributed by atoms with Crippen molar-refractivity contribution in [2.75, 3.05) is 0 Å². The van der Waals surface area contributed by atoms with E-state index >= 15 is 0 Å².